The van der Waals surface area contributed by atoms with Crippen LogP contribution in [0.1, 0.15) is 46.0 Å². The zero-order valence-electron chi connectivity index (χ0n) is 11.8. The van der Waals surface area contributed by atoms with Gasteiger partial charge >= 0.3 is 11.9 Å². The summed E-state index contributed by atoms with van der Waals surface area (Å²) < 4.78 is 37.2. The lowest BCUT2D eigenvalue weighted by Crippen LogP contribution is -2.20. The van der Waals surface area contributed by atoms with Crippen LogP contribution >= 0.6 is 0 Å². The second kappa shape index (κ2) is 4.62. The number of ether oxygens (including phenoxy) is 1. The maximum Gasteiger partial charge on any atom is 0.346 e. The van der Waals surface area contributed by atoms with Crippen molar-refractivity contribution in [1.82, 2.24) is 0 Å². The molecule has 0 aliphatic carbocycles. The second-order valence-corrected chi connectivity index (χ2v) is 6.80. The molecule has 2 aromatic rings. The molecule has 3 rings (SSSR count). The number of benzene rings is 2. The fourth-order valence-electron chi connectivity index (χ4n) is 2.56. The van der Waals surface area contributed by atoms with E-state index < -0.39 is 22.1 Å². The van der Waals surface area contributed by atoms with Gasteiger partial charge in [-0.2, -0.15) is 8.42 Å². The quantitative estimate of drug-likeness (QED) is 0.519. The van der Waals surface area contributed by atoms with Crippen molar-refractivity contribution in [3.8, 4) is 0 Å². The molecule has 114 valence electrons. The van der Waals surface area contributed by atoms with Crippen LogP contribution in [0, 0.1) is 0 Å². The SMILES string of the molecule is CC(C)c1cc2c3c(ccc(S(=O)(=O)O)c3c1)C(=O)OC2=O. The van der Waals surface area contributed by atoms with Gasteiger partial charge < -0.3 is 4.74 Å². The van der Waals surface area contributed by atoms with Crippen molar-refractivity contribution in [1.29, 1.82) is 0 Å². The summed E-state index contributed by atoms with van der Waals surface area (Å²) in [6.07, 6.45) is 0. The molecular formula is C15H12O6S. The van der Waals surface area contributed by atoms with Crippen LogP contribution in [0.25, 0.3) is 10.8 Å². The maximum atomic E-state index is 12.0. The van der Waals surface area contributed by atoms with Gasteiger partial charge in [0.05, 0.1) is 11.1 Å². The highest BCUT2D eigenvalue weighted by Gasteiger charge is 2.30. The second-order valence-electron chi connectivity index (χ2n) is 5.41. The van der Waals surface area contributed by atoms with E-state index in [2.05, 4.69) is 4.74 Å². The number of hydrogen-bond acceptors (Lipinski definition) is 5. The van der Waals surface area contributed by atoms with Crippen LogP contribution in [0.15, 0.2) is 29.2 Å². The first-order valence-corrected chi connectivity index (χ1v) is 7.99. The summed E-state index contributed by atoms with van der Waals surface area (Å²) in [6, 6.07) is 5.53. The summed E-state index contributed by atoms with van der Waals surface area (Å²) in [6.45, 7) is 3.76. The van der Waals surface area contributed by atoms with Crippen LogP contribution in [0.5, 0.6) is 0 Å². The lowest BCUT2D eigenvalue weighted by molar-refractivity contribution is 0.0391. The number of carbonyl (C=O) groups is 2. The highest BCUT2D eigenvalue weighted by molar-refractivity contribution is 7.86. The van der Waals surface area contributed by atoms with Crippen molar-refractivity contribution < 1.29 is 27.3 Å². The van der Waals surface area contributed by atoms with Crippen LogP contribution < -0.4 is 0 Å². The molecule has 1 aliphatic heterocycles. The van der Waals surface area contributed by atoms with Gasteiger partial charge in [0.2, 0.25) is 0 Å². The Morgan fingerprint density at radius 1 is 1.05 bits per heavy atom. The van der Waals surface area contributed by atoms with E-state index in [1.165, 1.54) is 6.07 Å². The summed E-state index contributed by atoms with van der Waals surface area (Å²) in [5.41, 5.74) is 0.935. The first kappa shape index (κ1) is 14.7. The first-order valence-electron chi connectivity index (χ1n) is 6.55. The Morgan fingerprint density at radius 3 is 2.27 bits per heavy atom. The van der Waals surface area contributed by atoms with Crippen LogP contribution in [0.3, 0.4) is 0 Å². The van der Waals surface area contributed by atoms with Crippen molar-refractivity contribution >= 4 is 32.8 Å². The fraction of sp³-hybridized carbons (Fsp3) is 0.200. The fourth-order valence-corrected chi connectivity index (χ4v) is 3.24. The van der Waals surface area contributed by atoms with Crippen LogP contribution in [0.4, 0.5) is 0 Å². The molecule has 0 aromatic heterocycles. The largest absolute Gasteiger partial charge is 0.386 e. The molecule has 0 bridgehead atoms. The summed E-state index contributed by atoms with van der Waals surface area (Å²) >= 11 is 0. The summed E-state index contributed by atoms with van der Waals surface area (Å²) in [7, 11) is -4.49. The molecule has 1 aliphatic rings. The Bertz CT molecular complexity index is 940. The highest BCUT2D eigenvalue weighted by Crippen LogP contribution is 2.35. The van der Waals surface area contributed by atoms with Gasteiger partial charge in [0.15, 0.2) is 0 Å². The number of hydrogen-bond donors (Lipinski definition) is 1. The van der Waals surface area contributed by atoms with E-state index in [0.717, 1.165) is 6.07 Å². The third kappa shape index (κ3) is 2.10. The molecule has 1 heterocycles. The zero-order chi connectivity index (χ0) is 16.2. The number of rotatable bonds is 2. The minimum Gasteiger partial charge on any atom is -0.386 e. The van der Waals surface area contributed by atoms with Crippen molar-refractivity contribution in [2.24, 2.45) is 0 Å². The van der Waals surface area contributed by atoms with Gasteiger partial charge in [0.1, 0.15) is 4.90 Å². The molecule has 0 atom stereocenters. The van der Waals surface area contributed by atoms with Gasteiger partial charge in [0, 0.05) is 10.8 Å². The minimum atomic E-state index is -4.49. The Balaban J connectivity index is 2.56. The molecule has 0 amide bonds. The Labute approximate surface area is 126 Å². The molecule has 1 N–H and O–H groups in total. The predicted octanol–water partition coefficient (Wildman–Crippen LogP) is 2.52. The average Bonchev–Trinajstić information content (AvgIpc) is 2.42. The standard InChI is InChI=1S/C15H12O6S/c1-7(2)8-5-10-12(22(18,19)20)4-3-9-13(10)11(6-8)15(17)21-14(9)16/h3-7H,1-2H3,(H,18,19,20). The van der Waals surface area contributed by atoms with Crippen molar-refractivity contribution in [3.63, 3.8) is 0 Å². The Hall–Kier alpha value is -2.25. The topological polar surface area (TPSA) is 97.7 Å². The molecule has 0 spiro atoms. The molecule has 0 fully saturated rings. The molecule has 0 unspecified atom stereocenters. The molecule has 2 aromatic carbocycles. The van der Waals surface area contributed by atoms with Crippen molar-refractivity contribution in [2.45, 2.75) is 24.7 Å². The van der Waals surface area contributed by atoms with E-state index in [1.54, 1.807) is 12.1 Å². The van der Waals surface area contributed by atoms with E-state index in [0.29, 0.717) is 5.56 Å². The normalized spacial score (nSPS) is 14.5. The molecule has 0 saturated heterocycles. The van der Waals surface area contributed by atoms with E-state index in [1.807, 2.05) is 13.8 Å². The minimum absolute atomic E-state index is 0.0176. The Morgan fingerprint density at radius 2 is 1.68 bits per heavy atom. The van der Waals surface area contributed by atoms with Crippen molar-refractivity contribution in [2.75, 3.05) is 0 Å². The van der Waals surface area contributed by atoms with Crippen LogP contribution in [0.2, 0.25) is 0 Å². The van der Waals surface area contributed by atoms with E-state index >= 15 is 0 Å². The summed E-state index contributed by atoms with van der Waals surface area (Å²) in [4.78, 5) is 23.4. The Kier molecular flexibility index (Phi) is 3.08. The zero-order valence-corrected chi connectivity index (χ0v) is 12.6. The molecule has 0 radical (unpaired) electrons. The summed E-state index contributed by atoms with van der Waals surface area (Å²) in [5, 5.41) is 0.340. The van der Waals surface area contributed by atoms with E-state index in [4.69, 9.17) is 0 Å². The average molecular weight is 320 g/mol. The van der Waals surface area contributed by atoms with E-state index in [9.17, 15) is 22.6 Å². The lowest BCUT2D eigenvalue weighted by atomic mass is 9.91. The van der Waals surface area contributed by atoms with Gasteiger partial charge in [-0.1, -0.05) is 13.8 Å². The maximum absolute atomic E-state index is 12.0. The van der Waals surface area contributed by atoms with E-state index in [-0.39, 0.29) is 32.7 Å². The van der Waals surface area contributed by atoms with Gasteiger partial charge in [-0.3, -0.25) is 4.55 Å². The monoisotopic (exact) mass is 320 g/mol. The lowest BCUT2D eigenvalue weighted by Gasteiger charge is -2.19. The van der Waals surface area contributed by atoms with Gasteiger partial charge in [-0.15, -0.1) is 0 Å². The molecule has 6 nitrogen and oxygen atoms in total. The third-order valence-corrected chi connectivity index (χ3v) is 4.58. The molecule has 22 heavy (non-hydrogen) atoms. The highest BCUT2D eigenvalue weighted by atomic mass is 32.2. The predicted molar refractivity (Wildman–Crippen MR) is 77.6 cm³/mol. The smallest absolute Gasteiger partial charge is 0.346 e. The third-order valence-electron chi connectivity index (χ3n) is 3.67. The molecular weight excluding hydrogens is 308 g/mol. The number of carbonyl (C=O) groups excluding carboxylic acids is 2. The van der Waals surface area contributed by atoms with Crippen molar-refractivity contribution in [3.05, 3.63) is 41.0 Å². The molecule has 7 heteroatoms. The molecule has 0 saturated carbocycles. The van der Waals surface area contributed by atoms with Gasteiger partial charge in [0.25, 0.3) is 10.1 Å². The number of cyclic esters (lactones) is 2. The first-order chi connectivity index (χ1) is 10.2. The van der Waals surface area contributed by atoms with Gasteiger partial charge in [-0.25, -0.2) is 9.59 Å². The van der Waals surface area contributed by atoms with Crippen LogP contribution in [-0.2, 0) is 14.9 Å². The van der Waals surface area contributed by atoms with Crippen LogP contribution in [-0.4, -0.2) is 24.9 Å². The number of esters is 2. The van der Waals surface area contributed by atoms with Gasteiger partial charge in [-0.05, 0) is 35.7 Å². The summed E-state index contributed by atoms with van der Waals surface area (Å²) in [5.74, 6) is -1.64.